The van der Waals surface area contributed by atoms with E-state index in [2.05, 4.69) is 11.4 Å². The molecule has 0 aliphatic heterocycles. The summed E-state index contributed by atoms with van der Waals surface area (Å²) in [5, 5.41) is 14.9. The topological polar surface area (TPSA) is 62.5 Å². The molecule has 4 nitrogen and oxygen atoms in total. The van der Waals surface area contributed by atoms with Gasteiger partial charge in [-0.3, -0.25) is 0 Å². The molecule has 0 saturated carbocycles. The number of halogens is 2. The number of hydrogen-bond donors (Lipinski definition) is 2. The van der Waals surface area contributed by atoms with E-state index < -0.39 is 5.97 Å². The predicted octanol–water partition coefficient (Wildman–Crippen LogP) is 5.07. The molecular formula is C17H15Cl2NO3S. The lowest BCUT2D eigenvalue weighted by atomic mass is 10.1. The van der Waals surface area contributed by atoms with Gasteiger partial charge in [-0.15, -0.1) is 23.7 Å². The highest BCUT2D eigenvalue weighted by Gasteiger charge is 2.12. The van der Waals surface area contributed by atoms with Crippen LogP contribution in [-0.4, -0.2) is 11.1 Å². The lowest BCUT2D eigenvalue weighted by molar-refractivity contribution is 0.0697. The molecule has 2 aromatic heterocycles. The molecule has 126 valence electrons. The molecular weight excluding hydrogens is 369 g/mol. The zero-order valence-corrected chi connectivity index (χ0v) is 14.9. The van der Waals surface area contributed by atoms with Crippen molar-refractivity contribution in [1.82, 2.24) is 5.32 Å². The molecule has 0 amide bonds. The number of rotatable bonds is 6. The van der Waals surface area contributed by atoms with E-state index in [1.54, 1.807) is 23.5 Å². The second-order valence-electron chi connectivity index (χ2n) is 4.95. The van der Waals surface area contributed by atoms with Gasteiger partial charge < -0.3 is 14.8 Å². The predicted molar refractivity (Wildman–Crippen MR) is 98.2 cm³/mol. The van der Waals surface area contributed by atoms with Gasteiger partial charge in [-0.25, -0.2) is 4.79 Å². The average Bonchev–Trinajstić information content (AvgIpc) is 3.19. The van der Waals surface area contributed by atoms with E-state index in [1.165, 1.54) is 17.0 Å². The van der Waals surface area contributed by atoms with E-state index in [0.29, 0.717) is 22.9 Å². The molecule has 24 heavy (non-hydrogen) atoms. The molecule has 1 aromatic carbocycles. The van der Waals surface area contributed by atoms with E-state index >= 15 is 0 Å². The van der Waals surface area contributed by atoms with Crippen molar-refractivity contribution in [2.24, 2.45) is 0 Å². The first-order chi connectivity index (χ1) is 11.1. The fraction of sp³-hybridized carbons (Fsp3) is 0.118. The van der Waals surface area contributed by atoms with Gasteiger partial charge in [-0.05, 0) is 41.8 Å². The summed E-state index contributed by atoms with van der Waals surface area (Å²) in [6.45, 7) is 1.37. The SMILES string of the molecule is Cl.O=C(O)c1ccc(Cl)c(-c2ccc(CNCc3cccs3)o2)c1. The molecule has 0 saturated heterocycles. The van der Waals surface area contributed by atoms with Crippen LogP contribution < -0.4 is 5.32 Å². The minimum absolute atomic E-state index is 0. The molecule has 0 aliphatic carbocycles. The fourth-order valence-electron chi connectivity index (χ4n) is 2.19. The zero-order valence-electron chi connectivity index (χ0n) is 12.5. The van der Waals surface area contributed by atoms with Crippen LogP contribution in [0.25, 0.3) is 11.3 Å². The number of hydrogen-bond acceptors (Lipinski definition) is 4. The summed E-state index contributed by atoms with van der Waals surface area (Å²) in [4.78, 5) is 12.3. The lowest BCUT2D eigenvalue weighted by Crippen LogP contribution is -2.10. The maximum Gasteiger partial charge on any atom is 0.335 e. The molecule has 0 atom stereocenters. The molecule has 0 aliphatic rings. The summed E-state index contributed by atoms with van der Waals surface area (Å²) in [5.74, 6) is 0.340. The van der Waals surface area contributed by atoms with Gasteiger partial charge in [-0.1, -0.05) is 17.7 Å². The molecule has 2 N–H and O–H groups in total. The van der Waals surface area contributed by atoms with E-state index in [-0.39, 0.29) is 18.0 Å². The number of thiophene rings is 1. The number of benzene rings is 1. The Morgan fingerprint density at radius 2 is 2.04 bits per heavy atom. The summed E-state index contributed by atoms with van der Waals surface area (Å²) in [7, 11) is 0. The van der Waals surface area contributed by atoms with Crippen LogP contribution in [0, 0.1) is 0 Å². The van der Waals surface area contributed by atoms with E-state index in [4.69, 9.17) is 21.1 Å². The second kappa shape index (κ2) is 8.35. The van der Waals surface area contributed by atoms with Crippen LogP contribution in [0.4, 0.5) is 0 Å². The van der Waals surface area contributed by atoms with Crippen LogP contribution in [0.15, 0.2) is 52.3 Å². The van der Waals surface area contributed by atoms with Crippen LogP contribution in [0.1, 0.15) is 21.0 Å². The molecule has 0 radical (unpaired) electrons. The van der Waals surface area contributed by atoms with Crippen LogP contribution in [0.3, 0.4) is 0 Å². The number of carboxylic acid groups (broad SMARTS) is 1. The highest BCUT2D eigenvalue weighted by Crippen LogP contribution is 2.30. The summed E-state index contributed by atoms with van der Waals surface area (Å²) in [6, 6.07) is 12.3. The highest BCUT2D eigenvalue weighted by atomic mass is 35.5. The second-order valence-corrected chi connectivity index (χ2v) is 6.39. The Hall–Kier alpha value is -1.79. The van der Waals surface area contributed by atoms with E-state index in [1.807, 2.05) is 17.5 Å². The Balaban J connectivity index is 0.00000208. The first-order valence-electron chi connectivity index (χ1n) is 6.98. The normalized spacial score (nSPS) is 10.4. The third-order valence-corrected chi connectivity index (χ3v) is 4.52. The van der Waals surface area contributed by atoms with Crippen molar-refractivity contribution in [2.75, 3.05) is 0 Å². The Bertz CT molecular complexity index is 815. The number of carbonyl (C=O) groups is 1. The molecule has 3 aromatic rings. The van der Waals surface area contributed by atoms with Gasteiger partial charge >= 0.3 is 5.97 Å². The van der Waals surface area contributed by atoms with E-state index in [0.717, 1.165) is 12.3 Å². The summed E-state index contributed by atoms with van der Waals surface area (Å²) in [6.07, 6.45) is 0. The van der Waals surface area contributed by atoms with Crippen molar-refractivity contribution >= 4 is 41.3 Å². The van der Waals surface area contributed by atoms with Crippen molar-refractivity contribution in [3.63, 3.8) is 0 Å². The van der Waals surface area contributed by atoms with Crippen LogP contribution >= 0.6 is 35.3 Å². The maximum atomic E-state index is 11.1. The molecule has 7 heteroatoms. The van der Waals surface area contributed by atoms with Crippen LogP contribution in [0.2, 0.25) is 5.02 Å². The molecule has 2 heterocycles. The number of carboxylic acids is 1. The lowest BCUT2D eigenvalue weighted by Gasteiger charge is -2.03. The Labute approximate surface area is 154 Å². The number of aromatic carboxylic acids is 1. The van der Waals surface area contributed by atoms with E-state index in [9.17, 15) is 4.79 Å². The fourth-order valence-corrected chi connectivity index (χ4v) is 3.07. The first-order valence-corrected chi connectivity index (χ1v) is 8.24. The summed E-state index contributed by atoms with van der Waals surface area (Å²) in [5.41, 5.74) is 0.759. The van der Waals surface area contributed by atoms with Crippen molar-refractivity contribution < 1.29 is 14.3 Å². The maximum absolute atomic E-state index is 11.1. The third-order valence-electron chi connectivity index (χ3n) is 3.32. The monoisotopic (exact) mass is 383 g/mol. The van der Waals surface area contributed by atoms with Gasteiger partial charge in [0.15, 0.2) is 0 Å². The summed E-state index contributed by atoms with van der Waals surface area (Å²) < 4.78 is 5.77. The Morgan fingerprint density at radius 1 is 1.21 bits per heavy atom. The highest BCUT2D eigenvalue weighted by molar-refractivity contribution is 7.09. The standard InChI is InChI=1S/C17H14ClNO3S.ClH/c18-15-5-3-11(17(20)21)8-14(15)16-6-4-12(22-16)9-19-10-13-2-1-7-23-13;/h1-8,19H,9-10H2,(H,20,21);1H. The zero-order chi connectivity index (χ0) is 16.2. The van der Waals surface area contributed by atoms with Gasteiger partial charge in [0.05, 0.1) is 17.1 Å². The first kappa shape index (κ1) is 18.5. The van der Waals surface area contributed by atoms with Crippen molar-refractivity contribution in [3.05, 3.63) is 69.1 Å². The molecule has 0 fully saturated rings. The van der Waals surface area contributed by atoms with Gasteiger partial charge in [-0.2, -0.15) is 0 Å². The molecule has 0 bridgehead atoms. The Morgan fingerprint density at radius 3 is 2.75 bits per heavy atom. The van der Waals surface area contributed by atoms with Gasteiger partial charge in [0.25, 0.3) is 0 Å². The molecule has 3 rings (SSSR count). The molecule has 0 spiro atoms. The average molecular weight is 384 g/mol. The minimum Gasteiger partial charge on any atom is -0.478 e. The van der Waals surface area contributed by atoms with Crippen molar-refractivity contribution in [1.29, 1.82) is 0 Å². The smallest absolute Gasteiger partial charge is 0.335 e. The minimum atomic E-state index is -0.993. The molecule has 0 unspecified atom stereocenters. The van der Waals surface area contributed by atoms with Gasteiger partial charge in [0.1, 0.15) is 11.5 Å². The van der Waals surface area contributed by atoms with Crippen LogP contribution in [0.5, 0.6) is 0 Å². The Kier molecular flexibility index (Phi) is 6.45. The quantitative estimate of drug-likeness (QED) is 0.623. The third kappa shape index (κ3) is 4.39. The van der Waals surface area contributed by atoms with Crippen molar-refractivity contribution in [2.45, 2.75) is 13.1 Å². The number of nitrogens with one attached hydrogen (secondary N) is 1. The summed E-state index contributed by atoms with van der Waals surface area (Å²) >= 11 is 7.85. The van der Waals surface area contributed by atoms with Crippen molar-refractivity contribution in [3.8, 4) is 11.3 Å². The number of furan rings is 1. The van der Waals surface area contributed by atoms with Gasteiger partial charge in [0.2, 0.25) is 0 Å². The largest absolute Gasteiger partial charge is 0.478 e. The van der Waals surface area contributed by atoms with Gasteiger partial charge in [0, 0.05) is 17.0 Å². The van der Waals surface area contributed by atoms with Crippen LogP contribution in [-0.2, 0) is 13.1 Å².